The molecule has 0 unspecified atom stereocenters. The van der Waals surface area contributed by atoms with Gasteiger partial charge >= 0.3 is 0 Å². The van der Waals surface area contributed by atoms with Gasteiger partial charge in [-0.15, -0.1) is 11.8 Å². The number of aliphatic hydroxyl groups is 1. The third kappa shape index (κ3) is 3.69. The number of nitrogens with zero attached hydrogens (tertiary/aromatic N) is 1. The van der Waals surface area contributed by atoms with Crippen molar-refractivity contribution >= 4 is 11.8 Å². The van der Waals surface area contributed by atoms with Crippen molar-refractivity contribution in [3.8, 4) is 0 Å². The van der Waals surface area contributed by atoms with Crippen LogP contribution in [0.15, 0.2) is 17.2 Å². The van der Waals surface area contributed by atoms with E-state index in [2.05, 4.69) is 29.4 Å². The lowest BCUT2D eigenvalue weighted by Gasteiger charge is -2.32. The van der Waals surface area contributed by atoms with Crippen LogP contribution < -0.4 is 5.32 Å². The van der Waals surface area contributed by atoms with Gasteiger partial charge in [-0.05, 0) is 57.5 Å². The highest BCUT2D eigenvalue weighted by atomic mass is 32.2. The van der Waals surface area contributed by atoms with Crippen LogP contribution in [0.4, 0.5) is 0 Å². The molecule has 2 heterocycles. The molecule has 0 saturated carbocycles. The van der Waals surface area contributed by atoms with Crippen LogP contribution in [-0.4, -0.2) is 34.5 Å². The van der Waals surface area contributed by atoms with E-state index >= 15 is 0 Å². The molecule has 0 spiro atoms. The first-order valence-electron chi connectivity index (χ1n) is 6.09. The molecule has 17 heavy (non-hydrogen) atoms. The number of aryl methyl sites for hydroxylation is 2. The van der Waals surface area contributed by atoms with Crippen molar-refractivity contribution < 1.29 is 5.11 Å². The summed E-state index contributed by atoms with van der Waals surface area (Å²) in [6.45, 7) is 5.92. The van der Waals surface area contributed by atoms with Crippen LogP contribution >= 0.6 is 11.8 Å². The van der Waals surface area contributed by atoms with Crippen molar-refractivity contribution in [3.05, 3.63) is 23.4 Å². The Morgan fingerprint density at radius 2 is 2.06 bits per heavy atom. The van der Waals surface area contributed by atoms with Gasteiger partial charge in [0.2, 0.25) is 0 Å². The summed E-state index contributed by atoms with van der Waals surface area (Å²) in [4.78, 5) is 4.49. The average molecular weight is 252 g/mol. The Bertz CT molecular complexity index is 369. The number of rotatable bonds is 3. The first-order valence-corrected chi connectivity index (χ1v) is 7.07. The van der Waals surface area contributed by atoms with E-state index in [4.69, 9.17) is 0 Å². The maximum Gasteiger partial charge on any atom is 0.0966 e. The number of hydrogen-bond donors (Lipinski definition) is 2. The van der Waals surface area contributed by atoms with Crippen LogP contribution in [0.25, 0.3) is 0 Å². The van der Waals surface area contributed by atoms with Crippen LogP contribution in [-0.2, 0) is 0 Å². The van der Waals surface area contributed by atoms with E-state index in [9.17, 15) is 5.11 Å². The van der Waals surface area contributed by atoms with Gasteiger partial charge in [0.15, 0.2) is 0 Å². The largest absolute Gasteiger partial charge is 0.389 e. The molecule has 0 atom stereocenters. The van der Waals surface area contributed by atoms with Gasteiger partial charge < -0.3 is 10.4 Å². The molecule has 1 aromatic rings. The Labute approximate surface area is 107 Å². The number of pyridine rings is 1. The maximum absolute atomic E-state index is 10.4. The number of piperidine rings is 1. The molecule has 1 aliphatic heterocycles. The molecule has 1 fully saturated rings. The van der Waals surface area contributed by atoms with E-state index in [1.807, 2.05) is 6.92 Å². The van der Waals surface area contributed by atoms with Gasteiger partial charge in [-0.1, -0.05) is 0 Å². The fourth-order valence-electron chi connectivity index (χ4n) is 2.12. The van der Waals surface area contributed by atoms with E-state index in [1.165, 1.54) is 5.56 Å². The first-order chi connectivity index (χ1) is 8.07. The van der Waals surface area contributed by atoms with E-state index in [-0.39, 0.29) is 0 Å². The Morgan fingerprint density at radius 3 is 2.71 bits per heavy atom. The van der Waals surface area contributed by atoms with Crippen LogP contribution in [0, 0.1) is 13.8 Å². The summed E-state index contributed by atoms with van der Waals surface area (Å²) >= 11 is 1.67. The van der Waals surface area contributed by atoms with Crippen molar-refractivity contribution in [2.24, 2.45) is 0 Å². The van der Waals surface area contributed by atoms with Gasteiger partial charge in [0, 0.05) is 11.4 Å². The summed E-state index contributed by atoms with van der Waals surface area (Å²) in [6.07, 6.45) is 1.68. The molecule has 1 aliphatic rings. The smallest absolute Gasteiger partial charge is 0.0966 e. The standard InChI is InChI=1S/C13H20N2OS/c1-10-7-11(2)15-12(8-10)17-9-13(16)3-5-14-6-4-13/h7-8,14,16H,3-6,9H2,1-2H3. The molecule has 1 saturated heterocycles. The van der Waals surface area contributed by atoms with E-state index < -0.39 is 5.60 Å². The SMILES string of the molecule is Cc1cc(C)nc(SCC2(O)CCNCC2)c1. The Balaban J connectivity index is 1.96. The number of hydrogen-bond acceptors (Lipinski definition) is 4. The fourth-order valence-corrected chi connectivity index (χ4v) is 3.31. The third-order valence-corrected chi connectivity index (χ3v) is 4.28. The Hall–Kier alpha value is -0.580. The van der Waals surface area contributed by atoms with Crippen LogP contribution in [0.5, 0.6) is 0 Å². The minimum Gasteiger partial charge on any atom is -0.389 e. The molecule has 2 rings (SSSR count). The van der Waals surface area contributed by atoms with Gasteiger partial charge in [0.25, 0.3) is 0 Å². The first kappa shape index (κ1) is 12.9. The normalized spacial score (nSPS) is 19.2. The molecule has 0 bridgehead atoms. The number of aromatic nitrogens is 1. The molecular formula is C13H20N2OS. The van der Waals surface area contributed by atoms with Crippen LogP contribution in [0.3, 0.4) is 0 Å². The monoisotopic (exact) mass is 252 g/mol. The highest BCUT2D eigenvalue weighted by Gasteiger charge is 2.29. The molecule has 94 valence electrons. The van der Waals surface area contributed by atoms with Crippen LogP contribution in [0.1, 0.15) is 24.1 Å². The highest BCUT2D eigenvalue weighted by Crippen LogP contribution is 2.27. The van der Waals surface area contributed by atoms with Crippen molar-refractivity contribution in [3.63, 3.8) is 0 Å². The predicted octanol–water partition coefficient (Wildman–Crippen LogP) is 1.91. The van der Waals surface area contributed by atoms with E-state index in [1.54, 1.807) is 11.8 Å². The molecule has 1 aromatic heterocycles. The molecule has 4 heteroatoms. The lowest BCUT2D eigenvalue weighted by atomic mass is 9.95. The highest BCUT2D eigenvalue weighted by molar-refractivity contribution is 7.99. The van der Waals surface area contributed by atoms with Gasteiger partial charge in [-0.25, -0.2) is 4.98 Å². The molecular weight excluding hydrogens is 232 g/mol. The predicted molar refractivity (Wildman–Crippen MR) is 71.5 cm³/mol. The molecule has 0 aromatic carbocycles. The summed E-state index contributed by atoms with van der Waals surface area (Å²) in [5, 5.41) is 14.7. The van der Waals surface area contributed by atoms with Gasteiger partial charge in [0.05, 0.1) is 10.6 Å². The molecule has 0 aliphatic carbocycles. The summed E-state index contributed by atoms with van der Waals surface area (Å²) in [6, 6.07) is 4.16. The zero-order chi connectivity index (χ0) is 12.3. The minimum absolute atomic E-state index is 0.519. The molecule has 3 nitrogen and oxygen atoms in total. The Morgan fingerprint density at radius 1 is 1.35 bits per heavy atom. The fraction of sp³-hybridized carbons (Fsp3) is 0.615. The third-order valence-electron chi connectivity index (χ3n) is 3.10. The summed E-state index contributed by atoms with van der Waals surface area (Å²) < 4.78 is 0. The topological polar surface area (TPSA) is 45.2 Å². The van der Waals surface area contributed by atoms with Crippen molar-refractivity contribution in [2.45, 2.75) is 37.3 Å². The summed E-state index contributed by atoms with van der Waals surface area (Å²) in [5.41, 5.74) is 1.76. The number of nitrogens with one attached hydrogen (secondary N) is 1. The van der Waals surface area contributed by atoms with E-state index in [0.717, 1.165) is 42.4 Å². The second kappa shape index (κ2) is 5.38. The second-order valence-corrected chi connectivity index (χ2v) is 5.88. The van der Waals surface area contributed by atoms with Crippen molar-refractivity contribution in [2.75, 3.05) is 18.8 Å². The zero-order valence-corrected chi connectivity index (χ0v) is 11.3. The van der Waals surface area contributed by atoms with Crippen molar-refractivity contribution in [1.82, 2.24) is 10.3 Å². The van der Waals surface area contributed by atoms with Crippen molar-refractivity contribution in [1.29, 1.82) is 0 Å². The van der Waals surface area contributed by atoms with Gasteiger partial charge in [0.1, 0.15) is 0 Å². The quantitative estimate of drug-likeness (QED) is 0.807. The van der Waals surface area contributed by atoms with Crippen LogP contribution in [0.2, 0.25) is 0 Å². The summed E-state index contributed by atoms with van der Waals surface area (Å²) in [7, 11) is 0. The maximum atomic E-state index is 10.4. The van der Waals surface area contributed by atoms with Gasteiger partial charge in [-0.3, -0.25) is 0 Å². The lowest BCUT2D eigenvalue weighted by Crippen LogP contribution is -2.43. The number of thioether (sulfide) groups is 1. The molecule has 0 radical (unpaired) electrons. The molecule has 2 N–H and O–H groups in total. The second-order valence-electron chi connectivity index (χ2n) is 4.89. The van der Waals surface area contributed by atoms with E-state index in [0.29, 0.717) is 0 Å². The minimum atomic E-state index is -0.519. The molecule has 0 amide bonds. The van der Waals surface area contributed by atoms with Gasteiger partial charge in [-0.2, -0.15) is 0 Å². The lowest BCUT2D eigenvalue weighted by molar-refractivity contribution is 0.0339. The average Bonchev–Trinajstić information content (AvgIpc) is 2.26. The summed E-state index contributed by atoms with van der Waals surface area (Å²) in [5.74, 6) is 0.741. The Kier molecular flexibility index (Phi) is 4.07. The zero-order valence-electron chi connectivity index (χ0n) is 10.5.